The van der Waals surface area contributed by atoms with Crippen LogP contribution in [0.2, 0.25) is 0 Å². The Labute approximate surface area is 198 Å². The summed E-state index contributed by atoms with van der Waals surface area (Å²) in [6.07, 6.45) is 6.82. The van der Waals surface area contributed by atoms with Gasteiger partial charge in [-0.05, 0) is 45.1 Å². The highest BCUT2D eigenvalue weighted by atomic mass is 16.6. The standard InChI is InChI=1S/C27H39NO5/c1-7-17-32-24(29)16-12-11-15-22(18-20(2)3)25(30)28-23(26(31)33-27(4,5)6)19-21-13-9-8-10-14-21/h7-11,13-15,20,22-23H,1,12,16-19H2,2-6H3,(H,28,30)/t22-,23-/m0/s1. The van der Waals surface area contributed by atoms with E-state index in [9.17, 15) is 14.4 Å². The van der Waals surface area contributed by atoms with Crippen molar-refractivity contribution in [3.05, 3.63) is 60.7 Å². The molecule has 0 unspecified atom stereocenters. The number of nitrogens with one attached hydrogen (secondary N) is 1. The summed E-state index contributed by atoms with van der Waals surface area (Å²) in [5.41, 5.74) is 0.274. The summed E-state index contributed by atoms with van der Waals surface area (Å²) in [5.74, 6) is -1.15. The number of benzene rings is 1. The molecule has 182 valence electrons. The van der Waals surface area contributed by atoms with Gasteiger partial charge in [-0.2, -0.15) is 0 Å². The summed E-state index contributed by atoms with van der Waals surface area (Å²) in [7, 11) is 0. The molecule has 33 heavy (non-hydrogen) atoms. The van der Waals surface area contributed by atoms with Crippen molar-refractivity contribution in [2.24, 2.45) is 11.8 Å². The van der Waals surface area contributed by atoms with E-state index >= 15 is 0 Å². The van der Waals surface area contributed by atoms with Crippen molar-refractivity contribution in [3.8, 4) is 0 Å². The zero-order valence-electron chi connectivity index (χ0n) is 20.6. The Bertz CT molecular complexity index is 792. The quantitative estimate of drug-likeness (QED) is 0.340. The molecule has 2 atom stereocenters. The van der Waals surface area contributed by atoms with Gasteiger partial charge in [-0.15, -0.1) is 0 Å². The lowest BCUT2D eigenvalue weighted by Gasteiger charge is -2.26. The lowest BCUT2D eigenvalue weighted by Crippen LogP contribution is -2.47. The lowest BCUT2D eigenvalue weighted by molar-refractivity contribution is -0.158. The average Bonchev–Trinajstić information content (AvgIpc) is 2.73. The molecule has 0 saturated carbocycles. The Kier molecular flexibility index (Phi) is 12.2. The number of allylic oxidation sites excluding steroid dienone is 1. The highest BCUT2D eigenvalue weighted by Gasteiger charge is 2.29. The van der Waals surface area contributed by atoms with Gasteiger partial charge in [0.15, 0.2) is 0 Å². The second-order valence-corrected chi connectivity index (χ2v) is 9.46. The molecule has 0 radical (unpaired) electrons. The third-order valence-electron chi connectivity index (χ3n) is 4.60. The Hall–Kier alpha value is -2.89. The monoisotopic (exact) mass is 457 g/mol. The maximum absolute atomic E-state index is 13.1. The number of amides is 1. The van der Waals surface area contributed by atoms with E-state index in [1.807, 2.05) is 56.3 Å². The van der Waals surface area contributed by atoms with Crippen LogP contribution in [0.15, 0.2) is 55.1 Å². The molecule has 0 spiro atoms. The molecule has 1 aromatic carbocycles. The van der Waals surface area contributed by atoms with Crippen molar-refractivity contribution in [2.45, 2.75) is 71.9 Å². The number of hydrogen-bond acceptors (Lipinski definition) is 5. The molecule has 1 amide bonds. The van der Waals surface area contributed by atoms with Crippen molar-refractivity contribution in [1.29, 1.82) is 0 Å². The smallest absolute Gasteiger partial charge is 0.329 e. The SMILES string of the molecule is C=CCOC(=O)CCC=C[C@@H](CC(C)C)C(=O)N[C@@H](Cc1ccccc1)C(=O)OC(C)(C)C. The predicted molar refractivity (Wildman–Crippen MR) is 130 cm³/mol. The van der Waals surface area contributed by atoms with Crippen LogP contribution in [0.4, 0.5) is 0 Å². The predicted octanol–water partition coefficient (Wildman–Crippen LogP) is 4.78. The minimum atomic E-state index is -0.795. The first-order valence-corrected chi connectivity index (χ1v) is 11.5. The summed E-state index contributed by atoms with van der Waals surface area (Å²) >= 11 is 0. The first-order valence-electron chi connectivity index (χ1n) is 11.5. The number of ether oxygens (including phenoxy) is 2. The normalized spacial score (nSPS) is 13.4. The van der Waals surface area contributed by atoms with Gasteiger partial charge in [0.2, 0.25) is 5.91 Å². The van der Waals surface area contributed by atoms with Crippen LogP contribution in [0.5, 0.6) is 0 Å². The molecule has 0 heterocycles. The van der Waals surface area contributed by atoms with Crippen LogP contribution in [-0.4, -0.2) is 36.1 Å². The highest BCUT2D eigenvalue weighted by Crippen LogP contribution is 2.17. The fourth-order valence-electron chi connectivity index (χ4n) is 3.16. The van der Waals surface area contributed by atoms with Crippen LogP contribution in [-0.2, 0) is 30.3 Å². The van der Waals surface area contributed by atoms with E-state index in [4.69, 9.17) is 9.47 Å². The second-order valence-electron chi connectivity index (χ2n) is 9.46. The molecule has 0 bridgehead atoms. The molecule has 6 heteroatoms. The minimum absolute atomic E-state index is 0.189. The molecule has 1 aromatic rings. The van der Waals surface area contributed by atoms with E-state index in [1.165, 1.54) is 6.08 Å². The van der Waals surface area contributed by atoms with E-state index in [0.717, 1.165) is 5.56 Å². The summed E-state index contributed by atoms with van der Waals surface area (Å²) < 4.78 is 10.5. The Morgan fingerprint density at radius 3 is 2.36 bits per heavy atom. The molecule has 0 aliphatic carbocycles. The molecule has 6 nitrogen and oxygen atoms in total. The van der Waals surface area contributed by atoms with Gasteiger partial charge < -0.3 is 14.8 Å². The van der Waals surface area contributed by atoms with E-state index < -0.39 is 23.5 Å². The van der Waals surface area contributed by atoms with Gasteiger partial charge >= 0.3 is 11.9 Å². The lowest BCUT2D eigenvalue weighted by atomic mass is 9.94. The van der Waals surface area contributed by atoms with Crippen LogP contribution < -0.4 is 5.32 Å². The fraction of sp³-hybridized carbons (Fsp3) is 0.519. The molecule has 1 rings (SSSR count). The topological polar surface area (TPSA) is 81.7 Å². The first kappa shape index (κ1) is 28.1. The van der Waals surface area contributed by atoms with Crippen molar-refractivity contribution in [3.63, 3.8) is 0 Å². The summed E-state index contributed by atoms with van der Waals surface area (Å²) in [6.45, 7) is 13.2. The maximum atomic E-state index is 13.1. The van der Waals surface area contributed by atoms with Crippen molar-refractivity contribution in [1.82, 2.24) is 5.32 Å². The molecular weight excluding hydrogens is 418 g/mol. The van der Waals surface area contributed by atoms with E-state index in [1.54, 1.807) is 20.8 Å². The van der Waals surface area contributed by atoms with Crippen LogP contribution in [0.25, 0.3) is 0 Å². The summed E-state index contributed by atoms with van der Waals surface area (Å²) in [4.78, 5) is 37.6. The Morgan fingerprint density at radius 1 is 1.12 bits per heavy atom. The van der Waals surface area contributed by atoms with Gasteiger partial charge in [0, 0.05) is 12.8 Å². The number of carbonyl (C=O) groups is 3. The van der Waals surface area contributed by atoms with Crippen LogP contribution in [0.1, 0.15) is 59.4 Å². The molecule has 0 aromatic heterocycles. The van der Waals surface area contributed by atoms with Crippen molar-refractivity contribution >= 4 is 17.8 Å². The van der Waals surface area contributed by atoms with Gasteiger partial charge in [0.05, 0.1) is 5.92 Å². The third-order valence-corrected chi connectivity index (χ3v) is 4.60. The van der Waals surface area contributed by atoms with Crippen LogP contribution in [0, 0.1) is 11.8 Å². The maximum Gasteiger partial charge on any atom is 0.329 e. The zero-order valence-corrected chi connectivity index (χ0v) is 20.6. The van der Waals surface area contributed by atoms with Crippen molar-refractivity contribution < 1.29 is 23.9 Å². The second kappa shape index (κ2) is 14.3. The largest absolute Gasteiger partial charge is 0.461 e. The fourth-order valence-corrected chi connectivity index (χ4v) is 3.16. The highest BCUT2D eigenvalue weighted by molar-refractivity contribution is 5.87. The zero-order chi connectivity index (χ0) is 24.9. The molecule has 0 aliphatic rings. The molecular formula is C27H39NO5. The molecule has 0 saturated heterocycles. The van der Waals surface area contributed by atoms with Gasteiger partial charge in [-0.3, -0.25) is 9.59 Å². The molecule has 1 N–H and O–H groups in total. The Morgan fingerprint density at radius 2 is 1.79 bits per heavy atom. The van der Waals surface area contributed by atoms with E-state index in [2.05, 4.69) is 11.9 Å². The van der Waals surface area contributed by atoms with Gasteiger partial charge in [-0.1, -0.05) is 69.0 Å². The average molecular weight is 458 g/mol. The summed E-state index contributed by atoms with van der Waals surface area (Å²) in [6, 6.07) is 8.74. The van der Waals surface area contributed by atoms with E-state index in [-0.39, 0.29) is 30.8 Å². The molecule has 0 aliphatic heterocycles. The third kappa shape index (κ3) is 12.7. The number of esters is 2. The van der Waals surface area contributed by atoms with Crippen molar-refractivity contribution in [2.75, 3.05) is 6.61 Å². The van der Waals surface area contributed by atoms with Gasteiger partial charge in [0.25, 0.3) is 0 Å². The van der Waals surface area contributed by atoms with Gasteiger partial charge in [-0.25, -0.2) is 4.79 Å². The number of carbonyl (C=O) groups excluding carboxylic acids is 3. The van der Waals surface area contributed by atoms with Crippen LogP contribution in [0.3, 0.4) is 0 Å². The minimum Gasteiger partial charge on any atom is -0.461 e. The molecule has 0 fully saturated rings. The number of rotatable bonds is 13. The first-order chi connectivity index (χ1) is 15.5. The van der Waals surface area contributed by atoms with E-state index in [0.29, 0.717) is 19.3 Å². The Balaban J connectivity index is 2.89. The summed E-state index contributed by atoms with van der Waals surface area (Å²) in [5, 5.41) is 2.90. The van der Waals surface area contributed by atoms with Gasteiger partial charge in [0.1, 0.15) is 18.2 Å². The van der Waals surface area contributed by atoms with Crippen LogP contribution >= 0.6 is 0 Å². The number of hydrogen-bond donors (Lipinski definition) is 1.